The smallest absolute Gasteiger partial charge is 0.416 e. The third-order valence-corrected chi connectivity index (χ3v) is 9.56. The zero-order chi connectivity index (χ0) is 36.9. The van der Waals surface area contributed by atoms with Gasteiger partial charge in [-0.25, -0.2) is 4.79 Å². The van der Waals surface area contributed by atoms with Crippen LogP contribution in [0, 0.1) is 3.95 Å². The Morgan fingerprint density at radius 1 is 0.882 bits per heavy atom. The van der Waals surface area contributed by atoms with E-state index in [0.717, 1.165) is 11.3 Å². The van der Waals surface area contributed by atoms with Crippen LogP contribution in [0.5, 0.6) is 5.88 Å². The lowest BCUT2D eigenvalue weighted by atomic mass is 9.95. The number of nitrogens with zero attached hydrogens (tertiary/aromatic N) is 2. The Kier molecular flexibility index (Phi) is 11.7. The van der Waals surface area contributed by atoms with Crippen molar-refractivity contribution in [2.75, 3.05) is 38.2 Å². The molecule has 0 aliphatic carbocycles. The van der Waals surface area contributed by atoms with Gasteiger partial charge in [-0.1, -0.05) is 24.3 Å². The van der Waals surface area contributed by atoms with Gasteiger partial charge in [0.05, 0.1) is 34.8 Å². The molecule has 3 aromatic carbocycles. The predicted molar refractivity (Wildman–Crippen MR) is 182 cm³/mol. The van der Waals surface area contributed by atoms with Gasteiger partial charge in [-0.3, -0.25) is 14.3 Å². The molecule has 1 saturated heterocycles. The first-order valence-electron chi connectivity index (χ1n) is 15.6. The van der Waals surface area contributed by atoms with E-state index in [9.17, 15) is 41.0 Å². The number of carboxylic acid groups (broad SMARTS) is 1. The monoisotopic (exact) mass is 751 g/mol. The fourth-order valence-corrected chi connectivity index (χ4v) is 6.85. The second-order valence-corrected chi connectivity index (χ2v) is 13.2. The Morgan fingerprint density at radius 2 is 1.53 bits per heavy atom. The topological polar surface area (TPSA) is 104 Å². The Labute approximate surface area is 297 Å². The average molecular weight is 752 g/mol. The molecule has 4 aromatic rings. The van der Waals surface area contributed by atoms with Gasteiger partial charge in [-0.2, -0.15) is 26.3 Å². The number of carbonyl (C=O) groups excluding carboxylic acids is 1. The summed E-state index contributed by atoms with van der Waals surface area (Å²) in [5, 5.41) is 23.1. The Morgan fingerprint density at radius 3 is 2.14 bits per heavy atom. The first-order valence-corrected chi connectivity index (χ1v) is 16.8. The van der Waals surface area contributed by atoms with Crippen LogP contribution in [0.1, 0.15) is 44.8 Å². The molecule has 8 nitrogen and oxygen atoms in total. The van der Waals surface area contributed by atoms with Crippen LogP contribution in [-0.2, 0) is 28.4 Å². The van der Waals surface area contributed by atoms with Gasteiger partial charge >= 0.3 is 18.3 Å². The highest BCUT2D eigenvalue weighted by Gasteiger charge is 2.37. The van der Waals surface area contributed by atoms with Gasteiger partial charge in [-0.05, 0) is 83.9 Å². The number of alkyl halides is 6. The number of carbonyl (C=O) groups is 2. The molecule has 1 aromatic heterocycles. The Bertz CT molecular complexity index is 1950. The molecule has 270 valence electrons. The second-order valence-electron chi connectivity index (χ2n) is 11.6. The van der Waals surface area contributed by atoms with Crippen molar-refractivity contribution in [3.63, 3.8) is 0 Å². The summed E-state index contributed by atoms with van der Waals surface area (Å²) in [6, 6.07) is 13.0. The van der Waals surface area contributed by atoms with Gasteiger partial charge in [0.15, 0.2) is 3.95 Å². The number of aromatic carboxylic acids is 1. The minimum Gasteiger partial charge on any atom is -0.493 e. The van der Waals surface area contributed by atoms with E-state index in [1.54, 1.807) is 6.07 Å². The molecule has 0 spiro atoms. The highest BCUT2D eigenvalue weighted by Crippen LogP contribution is 2.41. The van der Waals surface area contributed by atoms with E-state index in [2.05, 4.69) is 10.2 Å². The number of morpholine rings is 1. The lowest BCUT2D eigenvalue weighted by Crippen LogP contribution is -2.36. The summed E-state index contributed by atoms with van der Waals surface area (Å²) in [4.78, 5) is 26.3. The fourth-order valence-electron chi connectivity index (χ4n) is 5.45. The number of thiazole rings is 1. The van der Waals surface area contributed by atoms with Gasteiger partial charge in [0.1, 0.15) is 0 Å². The van der Waals surface area contributed by atoms with Crippen molar-refractivity contribution >= 4 is 46.7 Å². The van der Waals surface area contributed by atoms with E-state index in [-0.39, 0.29) is 45.6 Å². The largest absolute Gasteiger partial charge is 0.493 e. The Balaban J connectivity index is 1.46. The molecule has 51 heavy (non-hydrogen) atoms. The molecule has 0 unspecified atom stereocenters. The summed E-state index contributed by atoms with van der Waals surface area (Å²) >= 11 is 6.58. The number of aromatic nitrogens is 1. The van der Waals surface area contributed by atoms with Crippen molar-refractivity contribution in [2.24, 2.45) is 0 Å². The number of ether oxygens (including phenoxy) is 1. The van der Waals surface area contributed by atoms with Crippen LogP contribution in [0.15, 0.2) is 72.8 Å². The molecule has 1 fully saturated rings. The second kappa shape index (κ2) is 15.8. The molecule has 1 aliphatic heterocycles. The summed E-state index contributed by atoms with van der Waals surface area (Å²) < 4.78 is 88.9. The number of benzene rings is 3. The fraction of sp³-hybridized carbons (Fsp3) is 0.286. The van der Waals surface area contributed by atoms with Crippen molar-refractivity contribution in [3.05, 3.63) is 104 Å². The average Bonchev–Trinajstić information content (AvgIpc) is 3.37. The van der Waals surface area contributed by atoms with Crippen LogP contribution >= 0.6 is 23.6 Å². The van der Waals surface area contributed by atoms with Gasteiger partial charge in [-0.15, -0.1) is 11.3 Å². The maximum atomic E-state index is 13.6. The molecule has 5 rings (SSSR count). The minimum atomic E-state index is -5.02. The van der Waals surface area contributed by atoms with Gasteiger partial charge in [0.2, 0.25) is 11.8 Å². The van der Waals surface area contributed by atoms with Crippen LogP contribution < -0.4 is 5.32 Å². The molecular formula is C35H31F6N3O5S2. The first kappa shape index (κ1) is 37.7. The number of hydrogen-bond acceptors (Lipinski definition) is 7. The summed E-state index contributed by atoms with van der Waals surface area (Å²) in [6.07, 6.45) is -7.83. The third kappa shape index (κ3) is 9.64. The molecule has 2 heterocycles. The lowest BCUT2D eigenvalue weighted by Gasteiger charge is -2.26. The lowest BCUT2D eigenvalue weighted by molar-refractivity contribution is -0.143. The van der Waals surface area contributed by atoms with Crippen LogP contribution in [0.4, 0.5) is 32.0 Å². The maximum Gasteiger partial charge on any atom is 0.416 e. The van der Waals surface area contributed by atoms with Crippen LogP contribution in [0.3, 0.4) is 0 Å². The number of carboxylic acids is 1. The number of anilines is 1. The molecule has 0 atom stereocenters. The first-order chi connectivity index (χ1) is 24.1. The molecule has 3 N–H and O–H groups in total. The molecule has 1 amide bonds. The van der Waals surface area contributed by atoms with Gasteiger partial charge in [0, 0.05) is 43.9 Å². The number of aromatic hydroxyl groups is 1. The number of halogens is 6. The van der Waals surface area contributed by atoms with Crippen molar-refractivity contribution in [2.45, 2.75) is 31.7 Å². The molecule has 0 bridgehead atoms. The predicted octanol–water partition coefficient (Wildman–Crippen LogP) is 8.57. The molecule has 16 heteroatoms. The summed E-state index contributed by atoms with van der Waals surface area (Å²) in [5.41, 5.74) is -1.76. The molecule has 0 radical (unpaired) electrons. The van der Waals surface area contributed by atoms with Gasteiger partial charge < -0.3 is 20.3 Å². The molecule has 1 aliphatic rings. The molecular weight excluding hydrogens is 721 g/mol. The van der Waals surface area contributed by atoms with Crippen LogP contribution in [0.2, 0.25) is 0 Å². The molecule has 0 saturated carbocycles. The normalized spacial score (nSPS) is 14.4. The number of hydrogen-bond donors (Lipinski definition) is 3. The van der Waals surface area contributed by atoms with Gasteiger partial charge in [0.25, 0.3) is 0 Å². The number of amides is 1. The Hall–Kier alpha value is -4.51. The zero-order valence-electron chi connectivity index (χ0n) is 26.7. The van der Waals surface area contributed by atoms with Crippen molar-refractivity contribution in [3.8, 4) is 17.0 Å². The van der Waals surface area contributed by atoms with E-state index < -0.39 is 35.4 Å². The number of nitrogens with one attached hydrogen (secondary N) is 1. The summed E-state index contributed by atoms with van der Waals surface area (Å²) in [5.74, 6) is -1.80. The minimum absolute atomic E-state index is 0.0221. The SMILES string of the molecule is O=C(CCn1c(O)c(C(=CCCN2CCOCC2)c2cccc(-c3cc(C(F)(F)F)cc(C(F)(F)F)c3)c2)sc1=S)Nc1ccc(C(=O)O)cc1. The zero-order valence-corrected chi connectivity index (χ0v) is 28.3. The van der Waals surface area contributed by atoms with Crippen molar-refractivity contribution in [1.82, 2.24) is 9.47 Å². The summed E-state index contributed by atoms with van der Waals surface area (Å²) in [7, 11) is 0. The highest BCUT2D eigenvalue weighted by atomic mass is 32.1. The van der Waals surface area contributed by atoms with Crippen LogP contribution in [-0.4, -0.2) is 64.4 Å². The maximum absolute atomic E-state index is 13.6. The van der Waals surface area contributed by atoms with Crippen molar-refractivity contribution < 1.29 is 50.9 Å². The quantitative estimate of drug-likeness (QED) is 0.104. The standard InChI is InChI=1S/C35H31F6N3O5S2/c36-34(37,38)25-18-24(19-26(20-25)35(39,40)41)22-3-1-4-23(17-22)28(5-2-11-43-13-15-49-16-14-43)30-31(46)44(33(50)51-30)12-10-29(45)42-27-8-6-21(7-9-27)32(47)48/h1,3-9,17-20,46H,2,10-16H2,(H,42,45)(H,47,48). The summed E-state index contributed by atoms with van der Waals surface area (Å²) in [6.45, 7) is 3.16. The van der Waals surface area contributed by atoms with E-state index in [1.165, 1.54) is 47.0 Å². The highest BCUT2D eigenvalue weighted by molar-refractivity contribution is 7.73. The van der Waals surface area contributed by atoms with E-state index in [4.69, 9.17) is 22.1 Å². The van der Waals surface area contributed by atoms with E-state index in [1.807, 2.05) is 6.08 Å². The van der Waals surface area contributed by atoms with E-state index in [0.29, 0.717) is 73.1 Å². The van der Waals surface area contributed by atoms with Crippen molar-refractivity contribution in [1.29, 1.82) is 0 Å². The third-order valence-electron chi connectivity index (χ3n) is 8.08. The number of rotatable bonds is 11. The van der Waals surface area contributed by atoms with E-state index >= 15 is 0 Å². The van der Waals surface area contributed by atoms with Crippen LogP contribution in [0.25, 0.3) is 16.7 Å².